The number of benzene rings is 3. The molecule has 1 amide bonds. The summed E-state index contributed by atoms with van der Waals surface area (Å²) in [6.45, 7) is 3.08. The fraction of sp³-hybridized carbons (Fsp3) is 0.459. The maximum atomic E-state index is 14.6. The second-order valence-electron chi connectivity index (χ2n) is 13.5. The highest BCUT2D eigenvalue weighted by molar-refractivity contribution is 5.95. The van der Waals surface area contributed by atoms with Gasteiger partial charge in [-0.3, -0.25) is 14.5 Å². The van der Waals surface area contributed by atoms with Gasteiger partial charge in [0.05, 0.1) is 23.1 Å². The van der Waals surface area contributed by atoms with E-state index in [0.29, 0.717) is 38.8 Å². The van der Waals surface area contributed by atoms with E-state index in [1.165, 1.54) is 6.92 Å². The van der Waals surface area contributed by atoms with Crippen LogP contribution in [0.5, 0.6) is 0 Å². The Morgan fingerprint density at radius 2 is 1.28 bits per heavy atom. The fourth-order valence-electron chi connectivity index (χ4n) is 8.36. The Morgan fingerprint density at radius 1 is 0.702 bits per heavy atom. The van der Waals surface area contributed by atoms with Gasteiger partial charge in [-0.15, -0.1) is 0 Å². The summed E-state index contributed by atoms with van der Waals surface area (Å²) in [5.41, 5.74) is -3.35. The van der Waals surface area contributed by atoms with E-state index in [-0.39, 0.29) is 42.3 Å². The maximum Gasteiger partial charge on any atom is 0.416 e. The second kappa shape index (κ2) is 12.4. The molecule has 2 atom stereocenters. The molecule has 250 valence electrons. The van der Waals surface area contributed by atoms with Crippen molar-refractivity contribution < 1.29 is 35.9 Å². The lowest BCUT2D eigenvalue weighted by Gasteiger charge is -2.52. The topological polar surface area (TPSA) is 40.6 Å². The van der Waals surface area contributed by atoms with Crippen LogP contribution in [0.4, 0.5) is 32.0 Å². The van der Waals surface area contributed by atoms with Gasteiger partial charge in [-0.1, -0.05) is 55.0 Å². The molecule has 2 saturated carbocycles. The molecule has 1 heterocycles. The van der Waals surface area contributed by atoms with E-state index in [1.807, 2.05) is 60.7 Å². The molecule has 3 aromatic carbocycles. The molecule has 2 unspecified atom stereocenters. The predicted molar refractivity (Wildman–Crippen MR) is 167 cm³/mol. The molecule has 3 fully saturated rings. The molecular weight excluding hydrogens is 618 g/mol. The summed E-state index contributed by atoms with van der Waals surface area (Å²) in [5.74, 6) is -0.852. The van der Waals surface area contributed by atoms with Crippen LogP contribution in [-0.2, 0) is 32.8 Å². The monoisotopic (exact) mass is 656 g/mol. The Labute approximate surface area is 270 Å². The lowest BCUT2D eigenvalue weighted by molar-refractivity contribution is -0.144. The summed E-state index contributed by atoms with van der Waals surface area (Å²) < 4.78 is 82.9. The zero-order valence-corrected chi connectivity index (χ0v) is 26.2. The molecule has 1 aliphatic heterocycles. The summed E-state index contributed by atoms with van der Waals surface area (Å²) in [7, 11) is 0. The third kappa shape index (κ3) is 6.33. The minimum atomic E-state index is -5.00. The highest BCUT2D eigenvalue weighted by Crippen LogP contribution is 2.54. The standard InChI is InChI=1S/C37H38F6N2O2/c1-34(26-21-27(36(38,39)40)23-28(22-26)37(41,42)43)16-8-13-31(33(34)47)35(25-9-4-2-5-10-25)17-14-29(15-18-35)44-19-20-45(32(46)24-44)30-11-6-3-7-12-30/h2-7,9-12,21-23,29,31H,8,13-20,24H2,1H3. The number of hydrogen-bond donors (Lipinski definition) is 0. The molecule has 0 spiro atoms. The zero-order valence-electron chi connectivity index (χ0n) is 26.2. The van der Waals surface area contributed by atoms with Crippen molar-refractivity contribution in [3.63, 3.8) is 0 Å². The lowest BCUT2D eigenvalue weighted by Crippen LogP contribution is -2.57. The molecule has 47 heavy (non-hydrogen) atoms. The quantitative estimate of drug-likeness (QED) is 0.259. The number of para-hydroxylation sites is 1. The Kier molecular flexibility index (Phi) is 8.78. The Morgan fingerprint density at radius 3 is 1.83 bits per heavy atom. The van der Waals surface area contributed by atoms with E-state index in [1.54, 1.807) is 4.90 Å². The number of halogens is 6. The first-order chi connectivity index (χ1) is 22.2. The first-order valence-corrected chi connectivity index (χ1v) is 16.2. The van der Waals surface area contributed by atoms with Crippen LogP contribution in [-0.4, -0.2) is 42.3 Å². The van der Waals surface area contributed by atoms with E-state index in [9.17, 15) is 35.9 Å². The molecule has 0 aromatic heterocycles. The fourth-order valence-corrected chi connectivity index (χ4v) is 8.36. The van der Waals surface area contributed by atoms with Gasteiger partial charge in [-0.2, -0.15) is 26.3 Å². The highest BCUT2D eigenvalue weighted by atomic mass is 19.4. The number of nitrogens with zero attached hydrogens (tertiary/aromatic N) is 2. The van der Waals surface area contributed by atoms with Crippen LogP contribution in [0.1, 0.15) is 74.1 Å². The first-order valence-electron chi connectivity index (χ1n) is 16.2. The van der Waals surface area contributed by atoms with E-state index < -0.39 is 40.2 Å². The molecule has 3 aliphatic rings. The van der Waals surface area contributed by atoms with Gasteiger partial charge in [0, 0.05) is 36.2 Å². The Hall–Kier alpha value is -3.66. The molecule has 4 nitrogen and oxygen atoms in total. The summed E-state index contributed by atoms with van der Waals surface area (Å²) in [5, 5.41) is 0. The van der Waals surface area contributed by atoms with Gasteiger partial charge in [-0.25, -0.2) is 0 Å². The number of Topliss-reactive ketones (excluding diaryl/α,β-unsaturated/α-hetero) is 1. The van der Waals surface area contributed by atoms with Gasteiger partial charge < -0.3 is 4.90 Å². The number of ketones is 1. The summed E-state index contributed by atoms with van der Waals surface area (Å²) in [6.07, 6.45) is -6.14. The van der Waals surface area contributed by atoms with Crippen molar-refractivity contribution in [3.05, 3.63) is 101 Å². The van der Waals surface area contributed by atoms with Crippen molar-refractivity contribution in [2.24, 2.45) is 5.92 Å². The van der Waals surface area contributed by atoms with Gasteiger partial charge in [0.1, 0.15) is 5.78 Å². The van der Waals surface area contributed by atoms with Gasteiger partial charge in [0.2, 0.25) is 5.91 Å². The van der Waals surface area contributed by atoms with Crippen molar-refractivity contribution in [2.45, 2.75) is 81.1 Å². The molecule has 6 rings (SSSR count). The number of carbonyl (C=O) groups excluding carboxylic acids is 2. The predicted octanol–water partition coefficient (Wildman–Crippen LogP) is 8.58. The van der Waals surface area contributed by atoms with Crippen LogP contribution in [0.2, 0.25) is 0 Å². The molecule has 2 aliphatic carbocycles. The number of alkyl halides is 6. The van der Waals surface area contributed by atoms with Crippen molar-refractivity contribution in [1.29, 1.82) is 0 Å². The zero-order chi connectivity index (χ0) is 33.6. The number of hydrogen-bond acceptors (Lipinski definition) is 3. The van der Waals surface area contributed by atoms with Gasteiger partial charge in [0.15, 0.2) is 0 Å². The largest absolute Gasteiger partial charge is 0.416 e. The Balaban J connectivity index is 1.28. The lowest BCUT2D eigenvalue weighted by atomic mass is 9.53. The van der Waals surface area contributed by atoms with Crippen molar-refractivity contribution >= 4 is 17.4 Å². The average molecular weight is 657 g/mol. The number of rotatable bonds is 5. The third-order valence-electron chi connectivity index (χ3n) is 11.0. The first kappa shape index (κ1) is 33.2. The minimum Gasteiger partial charge on any atom is -0.310 e. The van der Waals surface area contributed by atoms with E-state index in [2.05, 4.69) is 4.90 Å². The van der Waals surface area contributed by atoms with Gasteiger partial charge in [-0.05, 0) is 86.9 Å². The molecule has 0 radical (unpaired) electrons. The van der Waals surface area contributed by atoms with E-state index >= 15 is 0 Å². The van der Waals surface area contributed by atoms with Crippen molar-refractivity contribution in [1.82, 2.24) is 4.90 Å². The van der Waals surface area contributed by atoms with Crippen molar-refractivity contribution in [3.8, 4) is 0 Å². The third-order valence-corrected chi connectivity index (χ3v) is 11.0. The molecule has 3 aromatic rings. The molecular formula is C37H38F6N2O2. The molecule has 1 saturated heterocycles. The minimum absolute atomic E-state index is 0.0277. The van der Waals surface area contributed by atoms with Crippen LogP contribution >= 0.6 is 0 Å². The molecule has 0 bridgehead atoms. The number of amides is 1. The van der Waals surface area contributed by atoms with E-state index in [0.717, 1.165) is 36.2 Å². The normalized spacial score (nSPS) is 28.0. The van der Waals surface area contributed by atoms with Gasteiger partial charge >= 0.3 is 12.4 Å². The summed E-state index contributed by atoms with van der Waals surface area (Å²) in [6, 6.07) is 20.9. The summed E-state index contributed by atoms with van der Waals surface area (Å²) in [4.78, 5) is 31.8. The highest BCUT2D eigenvalue weighted by Gasteiger charge is 2.54. The maximum absolute atomic E-state index is 14.6. The van der Waals surface area contributed by atoms with Crippen LogP contribution in [0.25, 0.3) is 0 Å². The second-order valence-corrected chi connectivity index (χ2v) is 13.5. The average Bonchev–Trinajstić information content (AvgIpc) is 3.06. The van der Waals surface area contributed by atoms with Crippen LogP contribution < -0.4 is 4.90 Å². The van der Waals surface area contributed by atoms with Crippen LogP contribution in [0.3, 0.4) is 0 Å². The Bertz CT molecular complexity index is 1570. The van der Waals surface area contributed by atoms with Crippen molar-refractivity contribution in [2.75, 3.05) is 24.5 Å². The SMILES string of the molecule is CC1(c2cc(C(F)(F)F)cc(C(F)(F)F)c2)CCCC(C2(c3ccccc3)CCC(N3CCN(c4ccccc4)C(=O)C3)CC2)C1=O. The number of carbonyl (C=O) groups is 2. The van der Waals surface area contributed by atoms with Crippen LogP contribution in [0.15, 0.2) is 78.9 Å². The van der Waals surface area contributed by atoms with E-state index in [4.69, 9.17) is 0 Å². The molecule has 0 N–H and O–H groups in total. The van der Waals surface area contributed by atoms with Gasteiger partial charge in [0.25, 0.3) is 0 Å². The smallest absolute Gasteiger partial charge is 0.310 e. The van der Waals surface area contributed by atoms with Crippen LogP contribution in [0, 0.1) is 5.92 Å². The summed E-state index contributed by atoms with van der Waals surface area (Å²) >= 11 is 0. The molecule has 10 heteroatoms. The number of anilines is 1. The number of piperazine rings is 1.